The fourth-order valence-electron chi connectivity index (χ4n) is 3.57. The molecule has 0 unspecified atom stereocenters. The molecule has 3 aromatic rings. The number of phenols is 1. The van der Waals surface area contributed by atoms with Crippen LogP contribution in [0.15, 0.2) is 77.7 Å². The number of rotatable bonds is 4. The van der Waals surface area contributed by atoms with E-state index in [2.05, 4.69) is 0 Å². The van der Waals surface area contributed by atoms with Crippen molar-refractivity contribution in [2.75, 3.05) is 13.1 Å². The molecule has 0 bridgehead atoms. The fraction of sp³-hybridized carbons (Fsp3) is 0.167. The number of hydrogen-bond acceptors (Lipinski definition) is 3. The number of benzene rings is 2. The first kappa shape index (κ1) is 20.0. The zero-order chi connectivity index (χ0) is 21.1. The van der Waals surface area contributed by atoms with Gasteiger partial charge in [-0.1, -0.05) is 48.0 Å². The summed E-state index contributed by atoms with van der Waals surface area (Å²) in [7, 11) is 0. The molecule has 6 heteroatoms. The molecule has 0 fully saturated rings. The van der Waals surface area contributed by atoms with Gasteiger partial charge in [-0.25, -0.2) is 0 Å². The van der Waals surface area contributed by atoms with Crippen molar-refractivity contribution in [2.24, 2.45) is 0 Å². The van der Waals surface area contributed by atoms with Crippen LogP contribution in [0.25, 0.3) is 5.57 Å². The molecular formula is C24H21ClN2O3. The van der Waals surface area contributed by atoms with Crippen LogP contribution < -0.4 is 5.56 Å². The number of aromatic hydroxyl groups is 1. The predicted octanol–water partition coefficient (Wildman–Crippen LogP) is 4.19. The van der Waals surface area contributed by atoms with Gasteiger partial charge in [0.15, 0.2) is 0 Å². The van der Waals surface area contributed by atoms with E-state index in [0.717, 1.165) is 23.1 Å². The molecule has 5 nitrogen and oxygen atoms in total. The van der Waals surface area contributed by atoms with E-state index in [9.17, 15) is 14.7 Å². The summed E-state index contributed by atoms with van der Waals surface area (Å²) >= 11 is 6.21. The Balaban J connectivity index is 1.51. The Morgan fingerprint density at radius 1 is 1.03 bits per heavy atom. The number of pyridine rings is 1. The Hall–Kier alpha value is -3.31. The van der Waals surface area contributed by atoms with Gasteiger partial charge in [-0.15, -0.1) is 0 Å². The van der Waals surface area contributed by atoms with Crippen molar-refractivity contribution in [3.05, 3.63) is 105 Å². The van der Waals surface area contributed by atoms with Gasteiger partial charge in [-0.3, -0.25) is 9.59 Å². The van der Waals surface area contributed by atoms with Crippen LogP contribution in [0.2, 0.25) is 5.02 Å². The van der Waals surface area contributed by atoms with Crippen LogP contribution in [0.5, 0.6) is 5.75 Å². The second-order valence-electron chi connectivity index (χ2n) is 7.25. The molecule has 0 spiro atoms. The van der Waals surface area contributed by atoms with Gasteiger partial charge in [0.1, 0.15) is 5.75 Å². The SMILES string of the molecule is O=C(c1ccc(=O)n(Cc2ccccc2Cl)c1)N1CC=C(c2ccc(O)cc2)CC1. The van der Waals surface area contributed by atoms with Crippen molar-refractivity contribution >= 4 is 23.1 Å². The van der Waals surface area contributed by atoms with Gasteiger partial charge in [0, 0.05) is 30.4 Å². The molecule has 1 aromatic heterocycles. The molecule has 30 heavy (non-hydrogen) atoms. The molecular weight excluding hydrogens is 400 g/mol. The fourth-order valence-corrected chi connectivity index (χ4v) is 3.76. The Kier molecular flexibility index (Phi) is 5.72. The molecule has 1 aliphatic heterocycles. The van der Waals surface area contributed by atoms with Gasteiger partial charge in [0.05, 0.1) is 12.1 Å². The van der Waals surface area contributed by atoms with Crippen molar-refractivity contribution in [3.8, 4) is 5.75 Å². The van der Waals surface area contributed by atoms with Crippen LogP contribution in [0.4, 0.5) is 0 Å². The van der Waals surface area contributed by atoms with Gasteiger partial charge >= 0.3 is 0 Å². The van der Waals surface area contributed by atoms with E-state index in [-0.39, 0.29) is 17.2 Å². The third kappa shape index (κ3) is 4.31. The molecule has 4 rings (SSSR count). The summed E-state index contributed by atoms with van der Waals surface area (Å²) in [6.07, 6.45) is 4.37. The Labute approximate surface area is 179 Å². The van der Waals surface area contributed by atoms with Crippen molar-refractivity contribution in [1.29, 1.82) is 0 Å². The Morgan fingerprint density at radius 3 is 2.50 bits per heavy atom. The summed E-state index contributed by atoms with van der Waals surface area (Å²) in [5.41, 5.74) is 3.32. The first-order chi connectivity index (χ1) is 14.5. The summed E-state index contributed by atoms with van der Waals surface area (Å²) < 4.78 is 1.51. The zero-order valence-corrected chi connectivity index (χ0v) is 17.0. The minimum atomic E-state index is -0.181. The van der Waals surface area contributed by atoms with E-state index < -0.39 is 0 Å². The first-order valence-corrected chi connectivity index (χ1v) is 10.1. The number of nitrogens with zero attached hydrogens (tertiary/aromatic N) is 2. The number of halogens is 1. The second-order valence-corrected chi connectivity index (χ2v) is 7.66. The van der Waals surface area contributed by atoms with Crippen molar-refractivity contribution in [2.45, 2.75) is 13.0 Å². The quantitative estimate of drug-likeness (QED) is 0.688. The van der Waals surface area contributed by atoms with Crippen LogP contribution in [0.3, 0.4) is 0 Å². The third-order valence-corrected chi connectivity index (χ3v) is 5.63. The van der Waals surface area contributed by atoms with Crippen LogP contribution in [-0.2, 0) is 6.54 Å². The topological polar surface area (TPSA) is 62.5 Å². The maximum Gasteiger partial charge on any atom is 0.255 e. The lowest BCUT2D eigenvalue weighted by atomic mass is 9.99. The van der Waals surface area contributed by atoms with Crippen molar-refractivity contribution in [3.63, 3.8) is 0 Å². The van der Waals surface area contributed by atoms with Crippen LogP contribution in [-0.4, -0.2) is 33.6 Å². The molecule has 1 amide bonds. The number of amides is 1. The van der Waals surface area contributed by atoms with E-state index in [1.807, 2.05) is 36.4 Å². The summed E-state index contributed by atoms with van der Waals surface area (Å²) in [6, 6.07) is 17.4. The number of phenolic OH excluding ortho intramolecular Hbond substituents is 1. The van der Waals surface area contributed by atoms with E-state index in [4.69, 9.17) is 11.6 Å². The Bertz CT molecular complexity index is 1170. The summed E-state index contributed by atoms with van der Waals surface area (Å²) in [6.45, 7) is 1.40. The highest BCUT2D eigenvalue weighted by atomic mass is 35.5. The van der Waals surface area contributed by atoms with Gasteiger partial charge in [-0.2, -0.15) is 0 Å². The Morgan fingerprint density at radius 2 is 1.80 bits per heavy atom. The lowest BCUT2D eigenvalue weighted by Gasteiger charge is -2.27. The van der Waals surface area contributed by atoms with Crippen LogP contribution in [0.1, 0.15) is 27.9 Å². The van der Waals surface area contributed by atoms with Crippen LogP contribution in [0, 0.1) is 0 Å². The van der Waals surface area contributed by atoms with E-state index in [1.54, 1.807) is 35.4 Å². The van der Waals surface area contributed by atoms with E-state index >= 15 is 0 Å². The monoisotopic (exact) mass is 420 g/mol. The van der Waals surface area contributed by atoms with Gasteiger partial charge in [0.2, 0.25) is 0 Å². The summed E-state index contributed by atoms with van der Waals surface area (Å²) in [4.78, 5) is 27.0. The number of carbonyl (C=O) groups is 1. The molecule has 1 N–H and O–H groups in total. The lowest BCUT2D eigenvalue weighted by Crippen LogP contribution is -2.35. The maximum absolute atomic E-state index is 13.0. The maximum atomic E-state index is 13.0. The molecule has 0 saturated heterocycles. The standard InChI is InChI=1S/C24H21ClN2O3/c25-22-4-2-1-3-19(22)15-27-16-20(7-10-23(27)29)24(30)26-13-11-18(12-14-26)17-5-8-21(28)9-6-17/h1-11,16,28H,12-15H2. The third-order valence-electron chi connectivity index (χ3n) is 5.26. The number of hydrogen-bond donors (Lipinski definition) is 1. The lowest BCUT2D eigenvalue weighted by molar-refractivity contribution is 0.0772. The minimum Gasteiger partial charge on any atom is -0.508 e. The molecule has 1 aliphatic rings. The average Bonchev–Trinajstić information content (AvgIpc) is 2.77. The molecule has 0 radical (unpaired) electrons. The molecule has 0 aliphatic carbocycles. The highest BCUT2D eigenvalue weighted by Crippen LogP contribution is 2.24. The molecule has 0 atom stereocenters. The smallest absolute Gasteiger partial charge is 0.255 e. The van der Waals surface area contributed by atoms with Crippen LogP contribution >= 0.6 is 11.6 Å². The van der Waals surface area contributed by atoms with Crippen molar-refractivity contribution in [1.82, 2.24) is 9.47 Å². The largest absolute Gasteiger partial charge is 0.508 e. The molecule has 0 saturated carbocycles. The van der Waals surface area contributed by atoms with Gasteiger partial charge in [0.25, 0.3) is 11.5 Å². The highest BCUT2D eigenvalue weighted by molar-refractivity contribution is 6.31. The highest BCUT2D eigenvalue weighted by Gasteiger charge is 2.20. The molecule has 152 valence electrons. The summed E-state index contributed by atoms with van der Waals surface area (Å²) in [5, 5.41) is 10.0. The first-order valence-electron chi connectivity index (χ1n) is 9.73. The predicted molar refractivity (Wildman–Crippen MR) is 118 cm³/mol. The summed E-state index contributed by atoms with van der Waals surface area (Å²) in [5.74, 6) is 0.128. The average molecular weight is 421 g/mol. The molecule has 2 heterocycles. The van der Waals surface area contributed by atoms with Gasteiger partial charge in [-0.05, 0) is 47.4 Å². The second kappa shape index (κ2) is 8.59. The number of carbonyl (C=O) groups excluding carboxylic acids is 1. The normalized spacial score (nSPS) is 13.8. The van der Waals surface area contributed by atoms with Gasteiger partial charge < -0.3 is 14.6 Å². The molecule has 2 aromatic carbocycles. The van der Waals surface area contributed by atoms with E-state index in [0.29, 0.717) is 30.2 Å². The minimum absolute atomic E-state index is 0.107. The van der Waals surface area contributed by atoms with Crippen molar-refractivity contribution < 1.29 is 9.90 Å². The number of aromatic nitrogens is 1. The van der Waals surface area contributed by atoms with E-state index in [1.165, 1.54) is 10.6 Å². The zero-order valence-electron chi connectivity index (χ0n) is 16.3.